The van der Waals surface area contributed by atoms with Crippen molar-refractivity contribution in [2.45, 2.75) is 13.0 Å². The fraction of sp³-hybridized carbons (Fsp3) is 0.294. The van der Waals surface area contributed by atoms with Crippen molar-refractivity contribution < 1.29 is 28.2 Å². The van der Waals surface area contributed by atoms with Crippen molar-refractivity contribution in [2.24, 2.45) is 11.8 Å². The molecule has 1 heterocycles. The van der Waals surface area contributed by atoms with Crippen molar-refractivity contribution in [3.05, 3.63) is 48.2 Å². The number of halogens is 1. The van der Waals surface area contributed by atoms with E-state index in [1.54, 1.807) is 18.2 Å². The molecule has 1 aliphatic carbocycles. The van der Waals surface area contributed by atoms with E-state index < -0.39 is 23.6 Å². The maximum atomic E-state index is 14.0. The van der Waals surface area contributed by atoms with Crippen LogP contribution in [-0.4, -0.2) is 24.1 Å². The molecule has 0 bridgehead atoms. The Morgan fingerprint density at radius 3 is 2.71 bits per heavy atom. The molecule has 1 saturated carbocycles. The van der Waals surface area contributed by atoms with Crippen LogP contribution in [0.3, 0.4) is 0 Å². The maximum Gasteiger partial charge on any atom is 0.307 e. The first kappa shape index (κ1) is 16.0. The molecule has 7 heteroatoms. The Kier molecular flexibility index (Phi) is 4.24. The Morgan fingerprint density at radius 2 is 2.17 bits per heavy atom. The summed E-state index contributed by atoms with van der Waals surface area (Å²) in [6, 6.07) is 7.55. The van der Waals surface area contributed by atoms with Crippen molar-refractivity contribution in [1.82, 2.24) is 0 Å². The molecule has 0 unspecified atom stereocenters. The molecule has 1 aromatic heterocycles. The average Bonchev–Trinajstić information content (AvgIpc) is 3.21. The van der Waals surface area contributed by atoms with Crippen LogP contribution < -0.4 is 9.64 Å². The molecule has 2 atom stereocenters. The molecule has 1 aliphatic rings. The fourth-order valence-corrected chi connectivity index (χ4v) is 2.62. The molecule has 1 N–H and O–H groups in total. The molecule has 126 valence electrons. The van der Waals surface area contributed by atoms with Crippen LogP contribution in [0.2, 0.25) is 0 Å². The molecule has 0 aliphatic heterocycles. The summed E-state index contributed by atoms with van der Waals surface area (Å²) in [5.41, 5.74) is 0.325. The van der Waals surface area contributed by atoms with E-state index in [9.17, 15) is 14.0 Å². The number of carbonyl (C=O) groups is 2. The van der Waals surface area contributed by atoms with Gasteiger partial charge in [-0.3, -0.25) is 9.59 Å². The second-order valence-corrected chi connectivity index (χ2v) is 5.61. The van der Waals surface area contributed by atoms with E-state index >= 15 is 0 Å². The zero-order valence-electron chi connectivity index (χ0n) is 12.9. The van der Waals surface area contributed by atoms with Gasteiger partial charge in [-0.25, -0.2) is 4.39 Å². The van der Waals surface area contributed by atoms with Gasteiger partial charge in [0, 0.05) is 11.8 Å². The van der Waals surface area contributed by atoms with Gasteiger partial charge >= 0.3 is 5.97 Å². The topological polar surface area (TPSA) is 80.0 Å². The zero-order valence-corrected chi connectivity index (χ0v) is 12.9. The molecule has 2 aromatic rings. The molecular formula is C17H16FNO5. The Bertz CT molecular complexity index is 758. The Balaban J connectivity index is 1.89. The summed E-state index contributed by atoms with van der Waals surface area (Å²) in [7, 11) is 1.35. The van der Waals surface area contributed by atoms with Crippen LogP contribution in [0.15, 0.2) is 41.0 Å². The first-order valence-electron chi connectivity index (χ1n) is 7.41. The Hall–Kier alpha value is -2.83. The maximum absolute atomic E-state index is 14.0. The SMILES string of the molecule is COc1ccc(N(Cc2ccco2)C(=O)[C@@H]2C[C@H]2C(=O)O)cc1F. The first-order chi connectivity index (χ1) is 11.5. The number of carboxylic acids is 1. The molecule has 0 saturated heterocycles. The summed E-state index contributed by atoms with van der Waals surface area (Å²) in [6.45, 7) is 0.0977. The van der Waals surface area contributed by atoms with Crippen LogP contribution in [0, 0.1) is 17.7 Å². The number of methoxy groups -OCH3 is 1. The van der Waals surface area contributed by atoms with Crippen LogP contribution in [0.25, 0.3) is 0 Å². The number of aliphatic carboxylic acids is 1. The minimum absolute atomic E-state index is 0.0685. The van der Waals surface area contributed by atoms with Crippen molar-refractivity contribution in [3.8, 4) is 5.75 Å². The highest BCUT2D eigenvalue weighted by molar-refractivity contribution is 6.00. The third kappa shape index (κ3) is 3.10. The number of rotatable bonds is 6. The van der Waals surface area contributed by atoms with Gasteiger partial charge in [-0.05, 0) is 30.7 Å². The van der Waals surface area contributed by atoms with Crippen LogP contribution in [0.5, 0.6) is 5.75 Å². The van der Waals surface area contributed by atoms with E-state index in [0.29, 0.717) is 17.9 Å². The second-order valence-electron chi connectivity index (χ2n) is 5.61. The number of amides is 1. The number of carbonyl (C=O) groups excluding carboxylic acids is 1. The number of furan rings is 1. The summed E-state index contributed by atoms with van der Waals surface area (Å²) >= 11 is 0. The number of nitrogens with zero attached hydrogens (tertiary/aromatic N) is 1. The van der Waals surface area contributed by atoms with E-state index in [0.717, 1.165) is 0 Å². The van der Waals surface area contributed by atoms with Gasteiger partial charge in [0.2, 0.25) is 5.91 Å². The lowest BCUT2D eigenvalue weighted by Gasteiger charge is -2.22. The number of benzene rings is 1. The van der Waals surface area contributed by atoms with E-state index in [-0.39, 0.29) is 18.2 Å². The molecule has 6 nitrogen and oxygen atoms in total. The lowest BCUT2D eigenvalue weighted by Crippen LogP contribution is -2.32. The summed E-state index contributed by atoms with van der Waals surface area (Å²) in [5, 5.41) is 9.03. The van der Waals surface area contributed by atoms with Crippen molar-refractivity contribution in [2.75, 3.05) is 12.0 Å². The number of anilines is 1. The molecule has 0 spiro atoms. The van der Waals surface area contributed by atoms with Crippen molar-refractivity contribution >= 4 is 17.6 Å². The summed E-state index contributed by atoms with van der Waals surface area (Å²) in [6.07, 6.45) is 1.77. The minimum Gasteiger partial charge on any atom is -0.494 e. The lowest BCUT2D eigenvalue weighted by molar-refractivity contribution is -0.140. The lowest BCUT2D eigenvalue weighted by atomic mass is 10.2. The van der Waals surface area contributed by atoms with Crippen LogP contribution in [0.4, 0.5) is 10.1 Å². The van der Waals surface area contributed by atoms with Gasteiger partial charge in [-0.1, -0.05) is 0 Å². The number of hydrogen-bond donors (Lipinski definition) is 1. The van der Waals surface area contributed by atoms with Crippen LogP contribution in [-0.2, 0) is 16.1 Å². The van der Waals surface area contributed by atoms with Gasteiger partial charge in [-0.2, -0.15) is 0 Å². The minimum atomic E-state index is -0.993. The highest BCUT2D eigenvalue weighted by Crippen LogP contribution is 2.41. The number of carboxylic acid groups (broad SMARTS) is 1. The molecule has 1 aromatic carbocycles. The monoisotopic (exact) mass is 333 g/mol. The third-order valence-corrected chi connectivity index (χ3v) is 4.03. The zero-order chi connectivity index (χ0) is 17.3. The third-order valence-electron chi connectivity index (χ3n) is 4.03. The van der Waals surface area contributed by atoms with Crippen LogP contribution in [0.1, 0.15) is 12.2 Å². The highest BCUT2D eigenvalue weighted by atomic mass is 19.1. The van der Waals surface area contributed by atoms with Gasteiger partial charge in [0.15, 0.2) is 11.6 Å². The van der Waals surface area contributed by atoms with E-state index in [1.165, 1.54) is 30.4 Å². The quantitative estimate of drug-likeness (QED) is 0.879. The standard InChI is InChI=1S/C17H16FNO5/c1-23-15-5-4-10(7-14(15)18)19(9-11-3-2-6-24-11)16(20)12-8-13(12)17(21)22/h2-7,12-13H,8-9H2,1H3,(H,21,22)/t12-,13-/m1/s1. The van der Waals surface area contributed by atoms with Gasteiger partial charge < -0.3 is 19.2 Å². The molecule has 24 heavy (non-hydrogen) atoms. The predicted octanol–water partition coefficient (Wildman–Crippen LogP) is 2.68. The first-order valence-corrected chi connectivity index (χ1v) is 7.41. The number of hydrogen-bond acceptors (Lipinski definition) is 4. The van der Waals surface area contributed by atoms with E-state index in [2.05, 4.69) is 0 Å². The molecule has 1 amide bonds. The van der Waals surface area contributed by atoms with Crippen molar-refractivity contribution in [1.29, 1.82) is 0 Å². The van der Waals surface area contributed by atoms with Gasteiger partial charge in [0.25, 0.3) is 0 Å². The molecular weight excluding hydrogens is 317 g/mol. The highest BCUT2D eigenvalue weighted by Gasteiger charge is 2.50. The fourth-order valence-electron chi connectivity index (χ4n) is 2.62. The van der Waals surface area contributed by atoms with E-state index in [1.807, 2.05) is 0 Å². The van der Waals surface area contributed by atoms with Gasteiger partial charge in [0.1, 0.15) is 5.76 Å². The predicted molar refractivity (Wildman–Crippen MR) is 82.1 cm³/mol. The summed E-state index contributed by atoms with van der Waals surface area (Å²) in [5.74, 6) is -2.64. The molecule has 0 radical (unpaired) electrons. The Morgan fingerprint density at radius 1 is 1.38 bits per heavy atom. The van der Waals surface area contributed by atoms with E-state index in [4.69, 9.17) is 14.3 Å². The summed E-state index contributed by atoms with van der Waals surface area (Å²) < 4.78 is 24.1. The Labute approximate surface area is 137 Å². The van der Waals surface area contributed by atoms with Crippen LogP contribution >= 0.6 is 0 Å². The van der Waals surface area contributed by atoms with Crippen molar-refractivity contribution in [3.63, 3.8) is 0 Å². The normalized spacial score (nSPS) is 18.9. The molecule has 1 fully saturated rings. The summed E-state index contributed by atoms with van der Waals surface area (Å²) in [4.78, 5) is 25.0. The smallest absolute Gasteiger partial charge is 0.307 e. The number of ether oxygens (including phenoxy) is 1. The largest absolute Gasteiger partial charge is 0.494 e. The second kappa shape index (κ2) is 6.35. The molecule has 3 rings (SSSR count). The van der Waals surface area contributed by atoms with Gasteiger partial charge in [-0.15, -0.1) is 0 Å². The average molecular weight is 333 g/mol. The van der Waals surface area contributed by atoms with Gasteiger partial charge in [0.05, 0.1) is 31.8 Å².